The van der Waals surface area contributed by atoms with E-state index in [0.29, 0.717) is 0 Å². The lowest BCUT2D eigenvalue weighted by molar-refractivity contribution is 0.560. The van der Waals surface area contributed by atoms with E-state index >= 15 is 8.78 Å². The van der Waals surface area contributed by atoms with Gasteiger partial charge in [-0.3, -0.25) is 0 Å². The molecule has 0 atom stereocenters. The molecule has 0 amide bonds. The van der Waals surface area contributed by atoms with E-state index < -0.39 is 5.41 Å². The van der Waals surface area contributed by atoms with E-state index in [9.17, 15) is 0 Å². The number of benzene rings is 4. The summed E-state index contributed by atoms with van der Waals surface area (Å²) in [6.45, 7) is 16.8. The fourth-order valence-corrected chi connectivity index (χ4v) is 5.82. The lowest BCUT2D eigenvalue weighted by atomic mass is 9.65. The quantitative estimate of drug-likeness (QED) is 0.229. The molecule has 0 N–H and O–H groups in total. The van der Waals surface area contributed by atoms with Crippen LogP contribution in [0.2, 0.25) is 0 Å². The summed E-state index contributed by atoms with van der Waals surface area (Å²) in [5.74, 6) is -0.547. The largest absolute Gasteiger partial charge is 0.207 e. The van der Waals surface area contributed by atoms with Crippen molar-refractivity contribution in [3.8, 4) is 11.1 Å². The van der Waals surface area contributed by atoms with Gasteiger partial charge in [-0.2, -0.15) is 0 Å². The van der Waals surface area contributed by atoms with Crippen LogP contribution in [0.1, 0.15) is 86.1 Å². The second kappa shape index (κ2) is 8.38. The van der Waals surface area contributed by atoms with Crippen LogP contribution in [-0.4, -0.2) is 0 Å². The van der Waals surface area contributed by atoms with Crippen molar-refractivity contribution in [2.24, 2.45) is 0 Å². The molecule has 1 aliphatic carbocycles. The fraction of sp³-hybridized carbons (Fsp3) is 0.314. The monoisotopic (exact) mass is 494 g/mol. The van der Waals surface area contributed by atoms with Gasteiger partial charge in [-0.25, -0.2) is 8.78 Å². The van der Waals surface area contributed by atoms with Gasteiger partial charge in [0.1, 0.15) is 11.6 Å². The van der Waals surface area contributed by atoms with Crippen molar-refractivity contribution in [2.45, 2.75) is 71.6 Å². The van der Waals surface area contributed by atoms with Crippen LogP contribution < -0.4 is 0 Å². The maximum Gasteiger partial charge on any atom is 0.123 e. The molecule has 0 bridgehead atoms. The first-order valence-electron chi connectivity index (χ1n) is 13.1. The minimum Gasteiger partial charge on any atom is -0.207 e. The van der Waals surface area contributed by atoms with Crippen LogP contribution in [0.4, 0.5) is 8.78 Å². The van der Waals surface area contributed by atoms with Gasteiger partial charge in [0.05, 0.1) is 5.41 Å². The Kier molecular flexibility index (Phi) is 5.75. The third-order valence-corrected chi connectivity index (χ3v) is 7.84. The average Bonchev–Trinajstić information content (AvgIpc) is 3.06. The van der Waals surface area contributed by atoms with Crippen LogP contribution in [0.25, 0.3) is 11.1 Å². The van der Waals surface area contributed by atoms with Crippen LogP contribution >= 0.6 is 0 Å². The Morgan fingerprint density at radius 1 is 0.514 bits per heavy atom. The topological polar surface area (TPSA) is 0 Å². The zero-order chi connectivity index (χ0) is 26.9. The van der Waals surface area contributed by atoms with Crippen LogP contribution in [-0.2, 0) is 16.2 Å². The molecule has 190 valence electrons. The summed E-state index contributed by atoms with van der Waals surface area (Å²) >= 11 is 0. The SMILES string of the molecule is Cc1ccc2c(c1)C(c1cc(F)cc(C(C)(C)C)c1)(c1cc(F)cc(C(C)(C)C)c1)c1cc(C)ccc1-2. The average molecular weight is 495 g/mol. The molecule has 0 unspecified atom stereocenters. The zero-order valence-electron chi connectivity index (χ0n) is 23.2. The Morgan fingerprint density at radius 3 is 1.24 bits per heavy atom. The van der Waals surface area contributed by atoms with Gasteiger partial charge < -0.3 is 0 Å². The summed E-state index contributed by atoms with van der Waals surface area (Å²) in [4.78, 5) is 0. The molecular formula is C35H36F2. The van der Waals surface area contributed by atoms with Gasteiger partial charge >= 0.3 is 0 Å². The van der Waals surface area contributed by atoms with E-state index in [4.69, 9.17) is 0 Å². The Morgan fingerprint density at radius 2 is 0.892 bits per heavy atom. The first-order chi connectivity index (χ1) is 17.2. The predicted octanol–water partition coefficient (Wildman–Crippen LogP) is 9.54. The second-order valence-corrected chi connectivity index (χ2v) is 12.8. The Bertz CT molecular complexity index is 1410. The molecule has 4 aromatic carbocycles. The Labute approximate surface area is 220 Å². The molecular weight excluding hydrogens is 458 g/mol. The Balaban J connectivity index is 2.02. The highest BCUT2D eigenvalue weighted by atomic mass is 19.1. The van der Waals surface area contributed by atoms with Crippen molar-refractivity contribution in [3.05, 3.63) is 129 Å². The zero-order valence-corrected chi connectivity index (χ0v) is 23.2. The molecule has 1 aliphatic rings. The van der Waals surface area contributed by atoms with Crippen LogP contribution in [0.3, 0.4) is 0 Å². The normalized spacial score (nSPS) is 14.4. The van der Waals surface area contributed by atoms with Gasteiger partial charge in [0.15, 0.2) is 0 Å². The lowest BCUT2D eigenvalue weighted by Gasteiger charge is -2.36. The number of rotatable bonds is 2. The van der Waals surface area contributed by atoms with Crippen molar-refractivity contribution in [1.29, 1.82) is 0 Å². The summed E-state index contributed by atoms with van der Waals surface area (Å²) in [5.41, 5.74) is 8.76. The van der Waals surface area contributed by atoms with Crippen LogP contribution in [0.5, 0.6) is 0 Å². The van der Waals surface area contributed by atoms with E-state index in [0.717, 1.165) is 55.6 Å². The molecule has 0 fully saturated rings. The highest BCUT2D eigenvalue weighted by Gasteiger charge is 2.47. The lowest BCUT2D eigenvalue weighted by Crippen LogP contribution is -2.30. The summed E-state index contributed by atoms with van der Waals surface area (Å²) in [5, 5.41) is 0. The molecule has 4 aromatic rings. The molecule has 0 aliphatic heterocycles. The summed E-state index contributed by atoms with van der Waals surface area (Å²) in [7, 11) is 0. The second-order valence-electron chi connectivity index (χ2n) is 12.8. The van der Waals surface area contributed by atoms with Crippen molar-refractivity contribution in [2.75, 3.05) is 0 Å². The first kappa shape index (κ1) is 25.4. The number of hydrogen-bond donors (Lipinski definition) is 0. The number of hydrogen-bond acceptors (Lipinski definition) is 0. The molecule has 0 spiro atoms. The standard InChI is InChI=1S/C35H36F2/c1-21-9-11-29-30-12-10-22(2)14-32(30)35(31(29)13-21,25-15-23(33(3,4)5)17-27(36)19-25)26-16-24(34(6,7)8)18-28(37)20-26/h9-20H,1-8H3. The molecule has 0 saturated heterocycles. The van der Waals surface area contributed by atoms with E-state index in [1.54, 1.807) is 24.3 Å². The van der Waals surface area contributed by atoms with E-state index in [-0.39, 0.29) is 22.5 Å². The van der Waals surface area contributed by atoms with Crippen LogP contribution in [0.15, 0.2) is 72.8 Å². The molecule has 37 heavy (non-hydrogen) atoms. The van der Waals surface area contributed by atoms with Crippen molar-refractivity contribution in [1.82, 2.24) is 0 Å². The number of halogens is 2. The predicted molar refractivity (Wildman–Crippen MR) is 151 cm³/mol. The highest BCUT2D eigenvalue weighted by molar-refractivity contribution is 5.87. The number of fused-ring (bicyclic) bond motifs is 3. The van der Waals surface area contributed by atoms with Gasteiger partial charge in [-0.05, 0) is 93.5 Å². The van der Waals surface area contributed by atoms with E-state index in [2.05, 4.69) is 104 Å². The van der Waals surface area contributed by atoms with Crippen molar-refractivity contribution in [3.63, 3.8) is 0 Å². The van der Waals surface area contributed by atoms with E-state index in [1.165, 1.54) is 0 Å². The third-order valence-electron chi connectivity index (χ3n) is 7.84. The highest BCUT2D eigenvalue weighted by Crippen LogP contribution is 2.57. The third kappa shape index (κ3) is 4.11. The molecule has 0 nitrogen and oxygen atoms in total. The summed E-state index contributed by atoms with van der Waals surface area (Å²) in [6, 6.07) is 23.8. The summed E-state index contributed by atoms with van der Waals surface area (Å²) < 4.78 is 31.0. The molecule has 0 heterocycles. The fourth-order valence-electron chi connectivity index (χ4n) is 5.82. The molecule has 0 radical (unpaired) electrons. The maximum atomic E-state index is 15.5. The molecule has 0 aromatic heterocycles. The maximum absolute atomic E-state index is 15.5. The minimum absolute atomic E-state index is 0.250. The minimum atomic E-state index is -0.854. The Hall–Kier alpha value is -3.26. The van der Waals surface area contributed by atoms with Gasteiger partial charge in [0.25, 0.3) is 0 Å². The van der Waals surface area contributed by atoms with Crippen molar-refractivity contribution < 1.29 is 8.78 Å². The molecule has 0 saturated carbocycles. The van der Waals surface area contributed by atoms with Gasteiger partial charge in [0.2, 0.25) is 0 Å². The van der Waals surface area contributed by atoms with Gasteiger partial charge in [-0.15, -0.1) is 0 Å². The molecule has 2 heteroatoms. The van der Waals surface area contributed by atoms with Crippen LogP contribution in [0, 0.1) is 25.5 Å². The molecule has 5 rings (SSSR count). The van der Waals surface area contributed by atoms with E-state index in [1.807, 2.05) is 0 Å². The van der Waals surface area contributed by atoms with Crippen molar-refractivity contribution >= 4 is 0 Å². The first-order valence-corrected chi connectivity index (χ1v) is 13.1. The number of aryl methyl sites for hydroxylation is 2. The smallest absolute Gasteiger partial charge is 0.123 e. The van der Waals surface area contributed by atoms with Gasteiger partial charge in [-0.1, -0.05) is 101 Å². The van der Waals surface area contributed by atoms with Gasteiger partial charge in [0, 0.05) is 0 Å². The summed E-state index contributed by atoms with van der Waals surface area (Å²) in [6.07, 6.45) is 0.